The molecule has 0 spiro atoms. The number of nitrogens with zero attached hydrogens (tertiary/aromatic N) is 1. The Morgan fingerprint density at radius 1 is 1.11 bits per heavy atom. The largest absolute Gasteiger partial charge is 0.338 e. The number of likely N-dealkylation sites (tertiary alicyclic amines) is 1. The quantitative estimate of drug-likeness (QED) is 0.520. The van der Waals surface area contributed by atoms with Crippen LogP contribution >= 0.6 is 7.60 Å². The van der Waals surface area contributed by atoms with Crippen molar-refractivity contribution in [2.24, 2.45) is 0 Å². The monoisotopic (exact) mass is 277 g/mol. The molecule has 0 saturated carbocycles. The number of rotatable bonds is 7. The van der Waals surface area contributed by atoms with Gasteiger partial charge < -0.3 is 13.9 Å². The van der Waals surface area contributed by atoms with Crippen molar-refractivity contribution in [1.29, 1.82) is 0 Å². The summed E-state index contributed by atoms with van der Waals surface area (Å²) in [6, 6.07) is 0. The minimum absolute atomic E-state index is 0.183. The van der Waals surface area contributed by atoms with E-state index in [1.54, 1.807) is 13.8 Å². The molecular formula is C11H20NO5P. The molecule has 0 atom stereocenters. The van der Waals surface area contributed by atoms with Crippen molar-refractivity contribution >= 4 is 19.3 Å². The van der Waals surface area contributed by atoms with Crippen LogP contribution in [0, 0.1) is 0 Å². The first kappa shape index (κ1) is 15.3. The van der Waals surface area contributed by atoms with Crippen molar-refractivity contribution < 1.29 is 23.2 Å². The lowest BCUT2D eigenvalue weighted by molar-refractivity contribution is -0.142. The van der Waals surface area contributed by atoms with Gasteiger partial charge in [-0.15, -0.1) is 0 Å². The molecule has 104 valence electrons. The zero-order chi connectivity index (χ0) is 13.6. The number of Topliss-reactive ketones (excluding diaryl/α,β-unsaturated/α-hetero) is 1. The van der Waals surface area contributed by atoms with Gasteiger partial charge in [0.25, 0.3) is 5.91 Å². The Morgan fingerprint density at radius 2 is 1.61 bits per heavy atom. The molecule has 0 unspecified atom stereocenters. The Kier molecular flexibility index (Phi) is 5.99. The highest BCUT2D eigenvalue weighted by molar-refractivity contribution is 7.55. The fourth-order valence-electron chi connectivity index (χ4n) is 1.86. The molecule has 1 fully saturated rings. The molecular weight excluding hydrogens is 257 g/mol. The standard InChI is InChI=1S/C11H20NO5P/c1-3-16-18(15,17-4-2)9-10(13)11(14)12-7-5-6-8-12/h3-9H2,1-2H3. The molecule has 1 aliphatic rings. The van der Waals surface area contributed by atoms with Crippen LogP contribution in [0.25, 0.3) is 0 Å². The third kappa shape index (κ3) is 4.19. The second-order valence-corrected chi connectivity index (χ2v) is 6.08. The zero-order valence-corrected chi connectivity index (χ0v) is 11.8. The fraction of sp³-hybridized carbons (Fsp3) is 0.818. The summed E-state index contributed by atoms with van der Waals surface area (Å²) in [4.78, 5) is 25.0. The van der Waals surface area contributed by atoms with Crippen molar-refractivity contribution in [2.45, 2.75) is 26.7 Å². The van der Waals surface area contributed by atoms with Crippen molar-refractivity contribution in [2.75, 3.05) is 32.5 Å². The topological polar surface area (TPSA) is 72.9 Å². The first-order chi connectivity index (χ1) is 8.52. The minimum atomic E-state index is -3.47. The maximum atomic E-state index is 12.1. The Balaban J connectivity index is 2.60. The lowest BCUT2D eigenvalue weighted by atomic mass is 10.4. The van der Waals surface area contributed by atoms with Crippen molar-refractivity contribution in [3.05, 3.63) is 0 Å². The molecule has 1 amide bonds. The Bertz CT molecular complexity index is 341. The summed E-state index contributed by atoms with van der Waals surface area (Å²) in [6.07, 6.45) is 1.35. The number of hydrogen-bond acceptors (Lipinski definition) is 5. The second-order valence-electron chi connectivity index (χ2n) is 4.03. The molecule has 1 rings (SSSR count). The van der Waals surface area contributed by atoms with E-state index in [0.29, 0.717) is 13.1 Å². The van der Waals surface area contributed by atoms with E-state index < -0.39 is 25.4 Å². The number of carbonyl (C=O) groups excluding carboxylic acids is 2. The van der Waals surface area contributed by atoms with Crippen molar-refractivity contribution in [1.82, 2.24) is 4.90 Å². The highest BCUT2D eigenvalue weighted by Gasteiger charge is 2.33. The van der Waals surface area contributed by atoms with E-state index in [0.717, 1.165) is 12.8 Å². The number of amides is 1. The van der Waals surface area contributed by atoms with Crippen LogP contribution in [0.3, 0.4) is 0 Å². The SMILES string of the molecule is CCOP(=O)(CC(=O)C(=O)N1CCCC1)OCC. The van der Waals surface area contributed by atoms with Gasteiger partial charge in [-0.05, 0) is 26.7 Å². The maximum absolute atomic E-state index is 12.1. The molecule has 0 radical (unpaired) electrons. The van der Waals surface area contributed by atoms with Gasteiger partial charge in [0.1, 0.15) is 6.16 Å². The van der Waals surface area contributed by atoms with E-state index in [1.807, 2.05) is 0 Å². The molecule has 0 bridgehead atoms. The van der Waals surface area contributed by atoms with Gasteiger partial charge in [-0.2, -0.15) is 0 Å². The molecule has 0 aromatic heterocycles. The van der Waals surface area contributed by atoms with Crippen LogP contribution in [-0.2, 0) is 23.2 Å². The molecule has 18 heavy (non-hydrogen) atoms. The lowest BCUT2D eigenvalue weighted by Gasteiger charge is -2.18. The Hall–Kier alpha value is -0.710. The van der Waals surface area contributed by atoms with Gasteiger partial charge in [-0.1, -0.05) is 0 Å². The van der Waals surface area contributed by atoms with Gasteiger partial charge >= 0.3 is 7.60 Å². The highest BCUT2D eigenvalue weighted by atomic mass is 31.2. The number of ketones is 1. The number of carbonyl (C=O) groups is 2. The fourth-order valence-corrected chi connectivity index (χ4v) is 3.39. The van der Waals surface area contributed by atoms with E-state index in [4.69, 9.17) is 9.05 Å². The third-order valence-electron chi connectivity index (χ3n) is 2.62. The van der Waals surface area contributed by atoms with Gasteiger partial charge in [-0.25, -0.2) is 0 Å². The first-order valence-electron chi connectivity index (χ1n) is 6.22. The molecule has 7 heteroatoms. The van der Waals surface area contributed by atoms with Crippen LogP contribution in [0.5, 0.6) is 0 Å². The van der Waals surface area contributed by atoms with Crippen LogP contribution in [0.1, 0.15) is 26.7 Å². The predicted octanol–water partition coefficient (Wildman–Crippen LogP) is 1.44. The van der Waals surface area contributed by atoms with E-state index in [2.05, 4.69) is 0 Å². The minimum Gasteiger partial charge on any atom is -0.336 e. The highest BCUT2D eigenvalue weighted by Crippen LogP contribution is 2.47. The molecule has 0 aromatic carbocycles. The summed E-state index contributed by atoms with van der Waals surface area (Å²) < 4.78 is 22.1. The van der Waals surface area contributed by atoms with Crippen LogP contribution in [-0.4, -0.2) is 49.1 Å². The normalized spacial score (nSPS) is 16.0. The molecule has 1 heterocycles. The predicted molar refractivity (Wildman–Crippen MR) is 66.5 cm³/mol. The smallest absolute Gasteiger partial charge is 0.336 e. The van der Waals surface area contributed by atoms with Gasteiger partial charge in [0.05, 0.1) is 13.2 Å². The summed E-state index contributed by atoms with van der Waals surface area (Å²) in [6.45, 7) is 4.89. The van der Waals surface area contributed by atoms with E-state index in [-0.39, 0.29) is 13.2 Å². The van der Waals surface area contributed by atoms with Gasteiger partial charge in [-0.3, -0.25) is 14.2 Å². The summed E-state index contributed by atoms with van der Waals surface area (Å²) in [5.41, 5.74) is 0. The Morgan fingerprint density at radius 3 is 2.06 bits per heavy atom. The summed E-state index contributed by atoms with van der Waals surface area (Å²) in [7, 11) is -3.47. The molecule has 0 aromatic rings. The maximum Gasteiger partial charge on any atom is 0.338 e. The van der Waals surface area contributed by atoms with Gasteiger partial charge in [0.2, 0.25) is 5.78 Å². The van der Waals surface area contributed by atoms with E-state index in [9.17, 15) is 14.2 Å². The summed E-state index contributed by atoms with van der Waals surface area (Å²) in [5.74, 6) is -1.27. The number of hydrogen-bond donors (Lipinski definition) is 0. The summed E-state index contributed by atoms with van der Waals surface area (Å²) >= 11 is 0. The van der Waals surface area contributed by atoms with Gasteiger partial charge in [0.15, 0.2) is 0 Å². The van der Waals surface area contributed by atoms with Gasteiger partial charge in [0, 0.05) is 13.1 Å². The molecule has 6 nitrogen and oxygen atoms in total. The van der Waals surface area contributed by atoms with Crippen LogP contribution < -0.4 is 0 Å². The van der Waals surface area contributed by atoms with Crippen LogP contribution in [0.4, 0.5) is 0 Å². The Labute approximate surface area is 107 Å². The van der Waals surface area contributed by atoms with E-state index in [1.165, 1.54) is 4.90 Å². The van der Waals surface area contributed by atoms with Crippen molar-refractivity contribution in [3.63, 3.8) is 0 Å². The second kappa shape index (κ2) is 7.02. The van der Waals surface area contributed by atoms with Crippen LogP contribution in [0.2, 0.25) is 0 Å². The van der Waals surface area contributed by atoms with Crippen LogP contribution in [0.15, 0.2) is 0 Å². The zero-order valence-electron chi connectivity index (χ0n) is 10.9. The van der Waals surface area contributed by atoms with Crippen molar-refractivity contribution in [3.8, 4) is 0 Å². The molecule has 0 aliphatic carbocycles. The first-order valence-corrected chi connectivity index (χ1v) is 7.95. The average molecular weight is 277 g/mol. The third-order valence-corrected chi connectivity index (χ3v) is 4.60. The molecule has 1 aliphatic heterocycles. The molecule has 0 N–H and O–H groups in total. The summed E-state index contributed by atoms with van der Waals surface area (Å²) in [5, 5.41) is 0. The van der Waals surface area contributed by atoms with E-state index >= 15 is 0 Å². The average Bonchev–Trinajstić information content (AvgIpc) is 2.81. The lowest BCUT2D eigenvalue weighted by Crippen LogP contribution is -2.35. The molecule has 1 saturated heterocycles.